The van der Waals surface area contributed by atoms with Gasteiger partial charge in [0, 0.05) is 25.3 Å². The first-order valence-corrected chi connectivity index (χ1v) is 13.6. The lowest BCUT2D eigenvalue weighted by molar-refractivity contribution is -0.121. The van der Waals surface area contributed by atoms with E-state index in [1.54, 1.807) is 16.4 Å². The van der Waals surface area contributed by atoms with Crippen molar-refractivity contribution in [2.75, 3.05) is 13.1 Å². The first kappa shape index (κ1) is 22.1. The summed E-state index contributed by atoms with van der Waals surface area (Å²) in [7, 11) is -3.47. The molecule has 1 N–H and O–H groups in total. The minimum Gasteiger partial charge on any atom is -0.352 e. The average molecular weight is 452 g/mol. The Bertz CT molecular complexity index is 853. The number of hydrogen-bond donors (Lipinski definition) is 1. The molecule has 1 amide bonds. The van der Waals surface area contributed by atoms with Gasteiger partial charge in [0.25, 0.3) is 0 Å². The van der Waals surface area contributed by atoms with E-state index in [1.807, 2.05) is 6.92 Å². The molecular weight excluding hydrogens is 418 g/mol. The van der Waals surface area contributed by atoms with E-state index >= 15 is 0 Å². The molecule has 3 fully saturated rings. The van der Waals surface area contributed by atoms with Crippen molar-refractivity contribution in [1.29, 1.82) is 0 Å². The smallest absolute Gasteiger partial charge is 0.244 e. The van der Waals surface area contributed by atoms with E-state index in [4.69, 9.17) is 0 Å². The SMILES string of the molecule is CC(Sc1ccc(S(=O)(=O)N2CCCCC2)cn1)C(=O)NC(C)C1CC2CCC1C2. The zero-order valence-electron chi connectivity index (χ0n) is 17.9. The molecule has 166 valence electrons. The fourth-order valence-corrected chi connectivity index (χ4v) is 7.69. The number of aromatic nitrogens is 1. The van der Waals surface area contributed by atoms with Crippen LogP contribution in [0.15, 0.2) is 28.3 Å². The van der Waals surface area contributed by atoms with Crippen LogP contribution in [0, 0.1) is 17.8 Å². The summed E-state index contributed by atoms with van der Waals surface area (Å²) in [5, 5.41) is 3.61. The topological polar surface area (TPSA) is 79.4 Å². The van der Waals surface area contributed by atoms with Gasteiger partial charge in [0.2, 0.25) is 15.9 Å². The van der Waals surface area contributed by atoms with Crippen molar-refractivity contribution < 1.29 is 13.2 Å². The summed E-state index contributed by atoms with van der Waals surface area (Å²) >= 11 is 1.37. The normalized spacial score (nSPS) is 28.9. The Kier molecular flexibility index (Phi) is 6.75. The number of thioether (sulfide) groups is 1. The van der Waals surface area contributed by atoms with Gasteiger partial charge in [-0.3, -0.25) is 4.79 Å². The second kappa shape index (κ2) is 9.17. The maximum Gasteiger partial charge on any atom is 0.244 e. The van der Waals surface area contributed by atoms with Crippen molar-refractivity contribution in [2.45, 2.75) is 80.0 Å². The maximum atomic E-state index is 12.7. The van der Waals surface area contributed by atoms with Crippen molar-refractivity contribution >= 4 is 27.7 Å². The zero-order chi connectivity index (χ0) is 21.3. The van der Waals surface area contributed by atoms with Gasteiger partial charge in [-0.1, -0.05) is 24.6 Å². The first-order valence-electron chi connectivity index (χ1n) is 11.3. The van der Waals surface area contributed by atoms with Crippen molar-refractivity contribution in [3.63, 3.8) is 0 Å². The fourth-order valence-electron chi connectivity index (χ4n) is 5.43. The van der Waals surface area contributed by atoms with Gasteiger partial charge in [-0.2, -0.15) is 4.31 Å². The molecule has 1 aromatic rings. The van der Waals surface area contributed by atoms with E-state index < -0.39 is 10.0 Å². The Balaban J connectivity index is 1.31. The minimum absolute atomic E-state index is 0.0297. The Labute approximate surface area is 184 Å². The summed E-state index contributed by atoms with van der Waals surface area (Å²) < 4.78 is 27.0. The van der Waals surface area contributed by atoms with Crippen molar-refractivity contribution in [3.8, 4) is 0 Å². The molecule has 6 nitrogen and oxygen atoms in total. The van der Waals surface area contributed by atoms with Crippen molar-refractivity contribution in [3.05, 3.63) is 18.3 Å². The Hall–Kier alpha value is -1.12. The van der Waals surface area contributed by atoms with Gasteiger partial charge >= 0.3 is 0 Å². The van der Waals surface area contributed by atoms with Gasteiger partial charge < -0.3 is 5.32 Å². The van der Waals surface area contributed by atoms with Gasteiger partial charge in [0.15, 0.2) is 0 Å². The average Bonchev–Trinajstić information content (AvgIpc) is 3.38. The van der Waals surface area contributed by atoms with Gasteiger partial charge in [0.1, 0.15) is 4.90 Å². The third-order valence-electron chi connectivity index (χ3n) is 7.13. The summed E-state index contributed by atoms with van der Waals surface area (Å²) in [5.41, 5.74) is 0. The van der Waals surface area contributed by atoms with Crippen molar-refractivity contribution in [1.82, 2.24) is 14.6 Å². The molecule has 1 aliphatic heterocycles. The monoisotopic (exact) mass is 451 g/mol. The molecular formula is C22H33N3O3S2. The highest BCUT2D eigenvalue weighted by Gasteiger charge is 2.42. The van der Waals surface area contributed by atoms with Crippen LogP contribution in [0.2, 0.25) is 0 Å². The number of carbonyl (C=O) groups excluding carboxylic acids is 1. The molecule has 4 rings (SSSR count). The largest absolute Gasteiger partial charge is 0.352 e. The Morgan fingerprint density at radius 2 is 1.93 bits per heavy atom. The van der Waals surface area contributed by atoms with Gasteiger partial charge in [0.05, 0.1) is 10.3 Å². The van der Waals surface area contributed by atoms with Crippen LogP contribution >= 0.6 is 11.8 Å². The van der Waals surface area contributed by atoms with Crippen LogP contribution in [0.25, 0.3) is 0 Å². The Morgan fingerprint density at radius 1 is 1.17 bits per heavy atom. The summed E-state index contributed by atoms with van der Waals surface area (Å²) in [6.07, 6.45) is 9.60. The maximum absolute atomic E-state index is 12.7. The highest BCUT2D eigenvalue weighted by Crippen LogP contribution is 2.49. The predicted molar refractivity (Wildman–Crippen MR) is 119 cm³/mol. The van der Waals surface area contributed by atoms with Crippen LogP contribution in [0.1, 0.15) is 58.8 Å². The van der Waals surface area contributed by atoms with Crippen LogP contribution in [0.5, 0.6) is 0 Å². The minimum atomic E-state index is -3.47. The standard InChI is InChI=1S/C22H33N3O3S2/c1-15(20-13-17-6-7-18(20)12-17)24-22(26)16(2)29-21-9-8-19(14-23-21)30(27,28)25-10-4-3-5-11-25/h8-9,14-18,20H,3-7,10-13H2,1-2H3,(H,24,26). The fraction of sp³-hybridized carbons (Fsp3) is 0.727. The lowest BCUT2D eigenvalue weighted by Gasteiger charge is -2.29. The molecule has 8 heteroatoms. The van der Waals surface area contributed by atoms with E-state index in [0.29, 0.717) is 24.0 Å². The summed E-state index contributed by atoms with van der Waals surface area (Å²) in [4.78, 5) is 17.3. The van der Waals surface area contributed by atoms with Crippen LogP contribution in [-0.2, 0) is 14.8 Å². The van der Waals surface area contributed by atoms with E-state index in [2.05, 4.69) is 17.2 Å². The molecule has 0 aromatic carbocycles. The molecule has 2 saturated carbocycles. The predicted octanol–water partition coefficient (Wildman–Crippen LogP) is 3.68. The third kappa shape index (κ3) is 4.70. The molecule has 0 radical (unpaired) electrons. The second-order valence-electron chi connectivity index (χ2n) is 9.19. The number of piperidine rings is 1. The van der Waals surface area contributed by atoms with E-state index in [1.165, 1.54) is 43.6 Å². The first-order chi connectivity index (χ1) is 14.3. The number of pyridine rings is 1. The van der Waals surface area contributed by atoms with Gasteiger partial charge in [-0.25, -0.2) is 13.4 Å². The van der Waals surface area contributed by atoms with E-state index in [9.17, 15) is 13.2 Å². The lowest BCUT2D eigenvalue weighted by atomic mass is 9.84. The van der Waals surface area contributed by atoms with Crippen LogP contribution in [-0.4, -0.2) is 48.0 Å². The molecule has 5 atom stereocenters. The van der Waals surface area contributed by atoms with E-state index in [-0.39, 0.29) is 22.1 Å². The quantitative estimate of drug-likeness (QED) is 0.640. The van der Waals surface area contributed by atoms with Gasteiger partial charge in [-0.15, -0.1) is 0 Å². The molecule has 3 aliphatic rings. The highest BCUT2D eigenvalue weighted by atomic mass is 32.2. The highest BCUT2D eigenvalue weighted by molar-refractivity contribution is 8.00. The zero-order valence-corrected chi connectivity index (χ0v) is 19.6. The molecule has 2 bridgehead atoms. The molecule has 1 saturated heterocycles. The number of hydrogen-bond acceptors (Lipinski definition) is 5. The number of sulfonamides is 1. The second-order valence-corrected chi connectivity index (χ2v) is 12.5. The van der Waals surface area contributed by atoms with Crippen molar-refractivity contribution in [2.24, 2.45) is 17.8 Å². The molecule has 2 aliphatic carbocycles. The molecule has 5 unspecified atom stereocenters. The van der Waals surface area contributed by atoms with Gasteiger partial charge in [-0.05, 0) is 75.8 Å². The molecule has 30 heavy (non-hydrogen) atoms. The summed E-state index contributed by atoms with van der Waals surface area (Å²) in [5.74, 6) is 2.30. The summed E-state index contributed by atoms with van der Waals surface area (Å²) in [6.45, 7) is 5.18. The van der Waals surface area contributed by atoms with Crippen LogP contribution < -0.4 is 5.32 Å². The van der Waals surface area contributed by atoms with Crippen LogP contribution in [0.4, 0.5) is 0 Å². The molecule has 0 spiro atoms. The van der Waals surface area contributed by atoms with E-state index in [0.717, 1.165) is 31.1 Å². The number of amides is 1. The lowest BCUT2D eigenvalue weighted by Crippen LogP contribution is -2.43. The summed E-state index contributed by atoms with van der Waals surface area (Å²) in [6, 6.07) is 3.53. The molecule has 1 aromatic heterocycles. The number of carbonyl (C=O) groups is 1. The number of nitrogens with zero attached hydrogens (tertiary/aromatic N) is 2. The third-order valence-corrected chi connectivity index (χ3v) is 10.1. The molecule has 2 heterocycles. The number of nitrogens with one attached hydrogen (secondary N) is 1. The van der Waals surface area contributed by atoms with Crippen LogP contribution in [0.3, 0.4) is 0 Å². The number of rotatable bonds is 7. The Morgan fingerprint density at radius 3 is 2.53 bits per heavy atom. The number of fused-ring (bicyclic) bond motifs is 2.